The van der Waals surface area contributed by atoms with Gasteiger partial charge in [0, 0.05) is 5.69 Å². The number of hydrazine groups is 1. The van der Waals surface area contributed by atoms with Crippen LogP contribution in [0.5, 0.6) is 0 Å². The number of anilines is 1. The third-order valence-electron chi connectivity index (χ3n) is 2.88. The Labute approximate surface area is 129 Å². The highest BCUT2D eigenvalue weighted by Gasteiger charge is 2.34. The summed E-state index contributed by atoms with van der Waals surface area (Å²) < 4.78 is 63.2. The Hall–Kier alpha value is -1.77. The van der Waals surface area contributed by atoms with Gasteiger partial charge in [-0.15, -0.1) is 0 Å². The molecule has 0 unspecified atom stereocenters. The molecule has 2 aromatic rings. The average molecular weight is 351 g/mol. The van der Waals surface area contributed by atoms with Crippen LogP contribution in [-0.4, -0.2) is 8.42 Å². The molecular weight excluding hydrogens is 341 g/mol. The van der Waals surface area contributed by atoms with Crippen molar-refractivity contribution in [3.63, 3.8) is 0 Å². The van der Waals surface area contributed by atoms with E-state index < -0.39 is 31.5 Å². The molecule has 4 nitrogen and oxygen atoms in total. The van der Waals surface area contributed by atoms with E-state index in [9.17, 15) is 21.6 Å². The Morgan fingerprint density at radius 2 is 1.55 bits per heavy atom. The van der Waals surface area contributed by atoms with E-state index in [1.165, 1.54) is 24.3 Å². The van der Waals surface area contributed by atoms with Gasteiger partial charge in [0.1, 0.15) is 0 Å². The fraction of sp³-hybridized carbons (Fsp3) is 0.0769. The number of rotatable bonds is 3. The Kier molecular flexibility index (Phi) is 4.37. The van der Waals surface area contributed by atoms with Crippen molar-refractivity contribution in [2.24, 2.45) is 5.84 Å². The van der Waals surface area contributed by atoms with Gasteiger partial charge in [-0.3, -0.25) is 5.84 Å². The minimum Gasteiger partial charge on any atom is -0.324 e. The highest BCUT2D eigenvalue weighted by atomic mass is 35.5. The molecule has 0 amide bonds. The molecule has 0 aliphatic rings. The van der Waals surface area contributed by atoms with Crippen molar-refractivity contribution < 1.29 is 21.6 Å². The summed E-state index contributed by atoms with van der Waals surface area (Å²) in [5.41, 5.74) is 1.59. The topological polar surface area (TPSA) is 72.2 Å². The lowest BCUT2D eigenvalue weighted by Crippen LogP contribution is -2.10. The van der Waals surface area contributed by atoms with Gasteiger partial charge in [-0.2, -0.15) is 13.2 Å². The molecule has 0 atom stereocenters. The highest BCUT2D eigenvalue weighted by molar-refractivity contribution is 7.91. The summed E-state index contributed by atoms with van der Waals surface area (Å²) in [7, 11) is -4.09. The smallest absolute Gasteiger partial charge is 0.324 e. The number of hydrogen-bond donors (Lipinski definition) is 2. The summed E-state index contributed by atoms with van der Waals surface area (Å²) in [5.74, 6) is 5.17. The maximum absolute atomic E-state index is 12.8. The third kappa shape index (κ3) is 3.18. The van der Waals surface area contributed by atoms with Crippen molar-refractivity contribution in [3.8, 4) is 0 Å². The Bertz CT molecular complexity index is 790. The lowest BCUT2D eigenvalue weighted by atomic mass is 10.2. The van der Waals surface area contributed by atoms with Crippen LogP contribution in [0.25, 0.3) is 0 Å². The summed E-state index contributed by atoms with van der Waals surface area (Å²) in [5, 5.41) is -0.561. The SMILES string of the molecule is NNc1ccc(S(=O)(=O)c2ccc(Cl)c(C(F)(F)F)c2)cc1. The fourth-order valence-corrected chi connectivity index (χ4v) is 3.27. The Morgan fingerprint density at radius 1 is 1.00 bits per heavy atom. The predicted molar refractivity (Wildman–Crippen MR) is 76.2 cm³/mol. The van der Waals surface area contributed by atoms with Crippen LogP contribution in [0.1, 0.15) is 5.56 Å². The molecule has 3 N–H and O–H groups in total. The van der Waals surface area contributed by atoms with Crippen LogP contribution in [0.15, 0.2) is 52.3 Å². The second kappa shape index (κ2) is 5.79. The van der Waals surface area contributed by atoms with E-state index in [4.69, 9.17) is 17.4 Å². The molecule has 0 aliphatic carbocycles. The minimum absolute atomic E-state index is 0.151. The van der Waals surface area contributed by atoms with Crippen molar-refractivity contribution in [2.45, 2.75) is 16.0 Å². The standard InChI is InChI=1S/C13H10ClF3N2O2S/c14-12-6-5-10(7-11(12)13(15,16)17)22(20,21)9-3-1-8(19-18)2-4-9/h1-7,19H,18H2. The van der Waals surface area contributed by atoms with E-state index >= 15 is 0 Å². The number of nitrogens with one attached hydrogen (secondary N) is 1. The van der Waals surface area contributed by atoms with Crippen molar-refractivity contribution in [3.05, 3.63) is 53.1 Å². The molecular formula is C13H10ClF3N2O2S. The molecule has 118 valence electrons. The van der Waals surface area contributed by atoms with Gasteiger partial charge in [-0.1, -0.05) is 11.6 Å². The number of nitrogens with two attached hydrogens (primary N) is 1. The molecule has 0 saturated carbocycles. The van der Waals surface area contributed by atoms with E-state index in [-0.39, 0.29) is 4.90 Å². The number of halogens is 4. The number of benzene rings is 2. The molecule has 0 fully saturated rings. The molecule has 9 heteroatoms. The van der Waals surface area contributed by atoms with Crippen molar-refractivity contribution >= 4 is 27.1 Å². The quantitative estimate of drug-likeness (QED) is 0.656. The van der Waals surface area contributed by atoms with Crippen LogP contribution < -0.4 is 11.3 Å². The summed E-state index contributed by atoms with van der Waals surface area (Å²) in [6.45, 7) is 0. The second-order valence-corrected chi connectivity index (χ2v) is 6.67. The van der Waals surface area contributed by atoms with Crippen molar-refractivity contribution in [1.82, 2.24) is 0 Å². The van der Waals surface area contributed by atoms with Gasteiger partial charge in [0.05, 0.1) is 20.4 Å². The van der Waals surface area contributed by atoms with Crippen LogP contribution in [0.4, 0.5) is 18.9 Å². The molecule has 0 saturated heterocycles. The molecule has 0 aromatic heterocycles. The van der Waals surface area contributed by atoms with Crippen LogP contribution in [0.2, 0.25) is 5.02 Å². The molecule has 0 heterocycles. The number of alkyl halides is 3. The van der Waals surface area contributed by atoms with E-state index in [1.807, 2.05) is 0 Å². The van der Waals surface area contributed by atoms with Crippen LogP contribution in [0, 0.1) is 0 Å². The van der Waals surface area contributed by atoms with Gasteiger partial charge in [0.25, 0.3) is 0 Å². The summed E-state index contributed by atoms with van der Waals surface area (Å²) >= 11 is 5.48. The first-order valence-corrected chi connectivity index (χ1v) is 7.71. The van der Waals surface area contributed by atoms with Crippen molar-refractivity contribution in [2.75, 3.05) is 5.43 Å². The number of hydrogen-bond acceptors (Lipinski definition) is 4. The zero-order valence-corrected chi connectivity index (χ0v) is 12.4. The van der Waals surface area contributed by atoms with Gasteiger partial charge < -0.3 is 5.43 Å². The highest BCUT2D eigenvalue weighted by Crippen LogP contribution is 2.36. The minimum atomic E-state index is -4.74. The Morgan fingerprint density at radius 3 is 2.05 bits per heavy atom. The van der Waals surface area contributed by atoms with Crippen LogP contribution in [-0.2, 0) is 16.0 Å². The van der Waals surface area contributed by atoms with Gasteiger partial charge in [-0.05, 0) is 42.5 Å². The maximum Gasteiger partial charge on any atom is 0.417 e. The summed E-state index contributed by atoms with van der Waals surface area (Å²) in [4.78, 5) is -0.639. The monoisotopic (exact) mass is 350 g/mol. The second-order valence-electron chi connectivity index (χ2n) is 4.31. The zero-order valence-electron chi connectivity index (χ0n) is 10.9. The predicted octanol–water partition coefficient (Wildman–Crippen LogP) is 3.48. The first-order valence-electron chi connectivity index (χ1n) is 5.85. The van der Waals surface area contributed by atoms with Crippen molar-refractivity contribution in [1.29, 1.82) is 0 Å². The molecule has 2 aromatic carbocycles. The molecule has 0 spiro atoms. The van der Waals surface area contributed by atoms with E-state index in [2.05, 4.69) is 5.43 Å². The van der Waals surface area contributed by atoms with Crippen LogP contribution in [0.3, 0.4) is 0 Å². The normalized spacial score (nSPS) is 12.2. The fourth-order valence-electron chi connectivity index (χ4n) is 1.76. The molecule has 2 rings (SSSR count). The summed E-state index contributed by atoms with van der Waals surface area (Å²) in [6.07, 6.45) is -4.74. The largest absolute Gasteiger partial charge is 0.417 e. The zero-order chi connectivity index (χ0) is 16.5. The lowest BCUT2D eigenvalue weighted by Gasteiger charge is -2.11. The molecule has 0 radical (unpaired) electrons. The maximum atomic E-state index is 12.8. The Balaban J connectivity index is 2.54. The van der Waals surface area contributed by atoms with Gasteiger partial charge in [0.2, 0.25) is 9.84 Å². The van der Waals surface area contributed by atoms with Gasteiger partial charge in [-0.25, -0.2) is 8.42 Å². The van der Waals surface area contributed by atoms with E-state index in [0.29, 0.717) is 11.8 Å². The molecule has 0 aliphatic heterocycles. The average Bonchev–Trinajstić information content (AvgIpc) is 2.46. The lowest BCUT2D eigenvalue weighted by molar-refractivity contribution is -0.137. The first-order chi connectivity index (χ1) is 10.2. The van der Waals surface area contributed by atoms with E-state index in [1.54, 1.807) is 0 Å². The molecule has 22 heavy (non-hydrogen) atoms. The first kappa shape index (κ1) is 16.6. The van der Waals surface area contributed by atoms with Gasteiger partial charge in [0.15, 0.2) is 0 Å². The number of nitrogen functional groups attached to an aromatic ring is 1. The van der Waals surface area contributed by atoms with Gasteiger partial charge >= 0.3 is 6.18 Å². The number of sulfone groups is 1. The van der Waals surface area contributed by atoms with E-state index in [0.717, 1.165) is 12.1 Å². The third-order valence-corrected chi connectivity index (χ3v) is 4.98. The summed E-state index contributed by atoms with van der Waals surface area (Å²) in [6, 6.07) is 7.74. The van der Waals surface area contributed by atoms with Crippen LogP contribution >= 0.6 is 11.6 Å². The molecule has 0 bridgehead atoms.